The smallest absolute Gasteiger partial charge is 0.421 e. The van der Waals surface area contributed by atoms with Crippen LogP contribution in [0.4, 0.5) is 16.7 Å². The fraction of sp³-hybridized carbons (Fsp3) is 0.396. The van der Waals surface area contributed by atoms with Crippen molar-refractivity contribution in [3.8, 4) is 12.3 Å². The van der Waals surface area contributed by atoms with E-state index in [-0.39, 0.29) is 36.6 Å². The first-order chi connectivity index (χ1) is 31.3. The minimum atomic E-state index is -0.552. The number of hydrogen-bond donors (Lipinski definition) is 4. The number of imidazole rings is 2. The number of nitrogens with zero attached hydrogens (tertiary/aromatic N) is 9. The molecule has 2 aromatic carbocycles. The van der Waals surface area contributed by atoms with Gasteiger partial charge in [0.15, 0.2) is 11.7 Å². The molecule has 18 heteroatoms. The largest absolute Gasteiger partial charge is 0.443 e. The average Bonchev–Trinajstić information content (AvgIpc) is 4.03. The van der Waals surface area contributed by atoms with Crippen molar-refractivity contribution in [2.75, 3.05) is 24.6 Å². The summed E-state index contributed by atoms with van der Waals surface area (Å²) < 4.78 is 8.34. The fourth-order valence-corrected chi connectivity index (χ4v) is 5.92. The van der Waals surface area contributed by atoms with Gasteiger partial charge in [0.25, 0.3) is 0 Å². The number of nitrogen functional groups attached to an aromatic ring is 2. The zero-order valence-electron chi connectivity index (χ0n) is 38.2. The van der Waals surface area contributed by atoms with E-state index in [0.717, 1.165) is 98.8 Å². The van der Waals surface area contributed by atoms with Crippen molar-refractivity contribution in [3.05, 3.63) is 130 Å². The summed E-state index contributed by atoms with van der Waals surface area (Å²) in [5, 5.41) is 14.3. The van der Waals surface area contributed by atoms with Gasteiger partial charge >= 0.3 is 6.09 Å². The van der Waals surface area contributed by atoms with Gasteiger partial charge in [0.1, 0.15) is 5.60 Å². The molecule has 0 saturated carbocycles. The molecule has 0 spiro atoms. The summed E-state index contributed by atoms with van der Waals surface area (Å²) in [6, 6.07) is 19.4. The zero-order chi connectivity index (χ0) is 47.1. The Labute approximate surface area is 393 Å². The SMILES string of the molecule is C#CCCCCCc1cn(C(=O)OC(C)(C)C)c(N)n1.Cl.Nc1ncc(CCCCCc2cn(CCCC(=O)/C=C/c3ccccc3)nn2)[nH]1.[N-]=[N+]=NCCNC(=O)/C=C/c1ccccc1. The number of hydrogen-bond acceptors (Lipinski definition) is 11. The first-order valence-corrected chi connectivity index (χ1v) is 21.8. The first kappa shape index (κ1) is 55.0. The predicted octanol–water partition coefficient (Wildman–Crippen LogP) is 9.13. The summed E-state index contributed by atoms with van der Waals surface area (Å²) in [4.78, 5) is 48.9. The van der Waals surface area contributed by atoms with Gasteiger partial charge in [-0.2, -0.15) is 0 Å². The number of nitrogens with one attached hydrogen (secondary N) is 2. The molecule has 0 aliphatic heterocycles. The number of ketones is 1. The van der Waals surface area contributed by atoms with Crippen LogP contribution in [0.25, 0.3) is 22.6 Å². The molecule has 0 bridgehead atoms. The topological polar surface area (TPSA) is 250 Å². The Morgan fingerprint density at radius 2 is 1.53 bits per heavy atom. The van der Waals surface area contributed by atoms with Gasteiger partial charge in [0, 0.05) is 61.6 Å². The van der Waals surface area contributed by atoms with Gasteiger partial charge in [-0.05, 0) is 101 Å². The second-order valence-electron chi connectivity index (χ2n) is 15.8. The Bertz CT molecular complexity index is 2320. The first-order valence-electron chi connectivity index (χ1n) is 21.8. The Kier molecular flexibility index (Phi) is 26.4. The third-order valence-electron chi connectivity index (χ3n) is 9.11. The third kappa shape index (κ3) is 24.6. The molecule has 66 heavy (non-hydrogen) atoms. The molecule has 3 aromatic heterocycles. The summed E-state index contributed by atoms with van der Waals surface area (Å²) in [5.74, 6) is 3.19. The number of rotatable bonds is 22. The average molecular weight is 923 g/mol. The highest BCUT2D eigenvalue weighted by atomic mass is 35.5. The second kappa shape index (κ2) is 31.7. The lowest BCUT2D eigenvalue weighted by atomic mass is 10.1. The number of aryl methyl sites for hydroxylation is 4. The van der Waals surface area contributed by atoms with Gasteiger partial charge in [-0.15, -0.1) is 29.8 Å². The van der Waals surface area contributed by atoms with Gasteiger partial charge in [0.05, 0.1) is 17.6 Å². The molecular formula is C48H64ClN13O4. The van der Waals surface area contributed by atoms with Crippen molar-refractivity contribution in [2.45, 2.75) is 110 Å². The highest BCUT2D eigenvalue weighted by Crippen LogP contribution is 2.15. The van der Waals surface area contributed by atoms with Crippen molar-refractivity contribution in [3.63, 3.8) is 0 Å². The number of aromatic nitrogens is 7. The van der Waals surface area contributed by atoms with E-state index in [1.54, 1.807) is 24.5 Å². The summed E-state index contributed by atoms with van der Waals surface area (Å²) in [5.41, 5.74) is 23.7. The van der Waals surface area contributed by atoms with Crippen molar-refractivity contribution in [1.82, 2.24) is 39.8 Å². The molecule has 1 amide bonds. The number of amides is 1. The van der Waals surface area contributed by atoms with E-state index in [4.69, 9.17) is 28.2 Å². The van der Waals surface area contributed by atoms with E-state index in [1.807, 2.05) is 98.4 Å². The number of anilines is 2. The highest BCUT2D eigenvalue weighted by Gasteiger charge is 2.20. The number of nitrogens with two attached hydrogens (primary N) is 2. The van der Waals surface area contributed by atoms with Gasteiger partial charge < -0.3 is 26.5 Å². The molecule has 17 nitrogen and oxygen atoms in total. The summed E-state index contributed by atoms with van der Waals surface area (Å²) in [6.07, 6.45) is 27.9. The number of halogens is 1. The van der Waals surface area contributed by atoms with Gasteiger partial charge in [-0.3, -0.25) is 14.3 Å². The lowest BCUT2D eigenvalue weighted by Gasteiger charge is -2.19. The molecule has 0 fully saturated rings. The maximum atomic E-state index is 12.0. The van der Waals surface area contributed by atoms with Crippen molar-refractivity contribution in [2.24, 2.45) is 5.11 Å². The molecule has 0 radical (unpaired) electrons. The molecule has 0 aliphatic carbocycles. The van der Waals surface area contributed by atoms with Crippen molar-refractivity contribution >= 4 is 54.2 Å². The van der Waals surface area contributed by atoms with Crippen LogP contribution in [0.3, 0.4) is 0 Å². The number of aromatic amines is 1. The van der Waals surface area contributed by atoms with E-state index >= 15 is 0 Å². The summed E-state index contributed by atoms with van der Waals surface area (Å²) in [6.45, 7) is 6.75. The number of ether oxygens (including phenoxy) is 1. The fourth-order valence-electron chi connectivity index (χ4n) is 5.92. The Morgan fingerprint density at radius 1 is 0.894 bits per heavy atom. The van der Waals surface area contributed by atoms with Crippen LogP contribution >= 0.6 is 12.4 Å². The van der Waals surface area contributed by atoms with Crippen LogP contribution < -0.4 is 16.8 Å². The summed E-state index contributed by atoms with van der Waals surface area (Å²) in [7, 11) is 0. The van der Waals surface area contributed by atoms with Crippen LogP contribution in [0.2, 0.25) is 0 Å². The van der Waals surface area contributed by atoms with Crippen molar-refractivity contribution in [1.29, 1.82) is 0 Å². The Balaban J connectivity index is 0.000000356. The number of azide groups is 1. The molecule has 6 N–H and O–H groups in total. The van der Waals surface area contributed by atoms with E-state index in [0.29, 0.717) is 25.5 Å². The van der Waals surface area contributed by atoms with E-state index < -0.39 is 11.7 Å². The monoisotopic (exact) mass is 921 g/mol. The lowest BCUT2D eigenvalue weighted by Crippen LogP contribution is -2.27. The van der Waals surface area contributed by atoms with Crippen LogP contribution in [0.5, 0.6) is 0 Å². The van der Waals surface area contributed by atoms with Crippen LogP contribution in [0.1, 0.15) is 107 Å². The van der Waals surface area contributed by atoms with Gasteiger partial charge in [0.2, 0.25) is 11.9 Å². The van der Waals surface area contributed by atoms with E-state index in [2.05, 4.69) is 46.5 Å². The van der Waals surface area contributed by atoms with Crippen molar-refractivity contribution < 1.29 is 19.1 Å². The van der Waals surface area contributed by atoms with Crippen LogP contribution in [-0.2, 0) is 40.1 Å². The van der Waals surface area contributed by atoms with Crippen LogP contribution in [0, 0.1) is 12.3 Å². The molecule has 0 unspecified atom stereocenters. The number of benzene rings is 2. The number of carbonyl (C=O) groups excluding carboxylic acids is 3. The van der Waals surface area contributed by atoms with Gasteiger partial charge in [-0.1, -0.05) is 89.9 Å². The minimum Gasteiger partial charge on any atom is -0.443 e. The van der Waals surface area contributed by atoms with Crippen LogP contribution in [-0.4, -0.2) is 71.0 Å². The maximum Gasteiger partial charge on any atom is 0.421 e. The Morgan fingerprint density at radius 3 is 2.15 bits per heavy atom. The molecule has 0 saturated heterocycles. The molecular weight excluding hydrogens is 858 g/mol. The second-order valence-corrected chi connectivity index (χ2v) is 15.8. The van der Waals surface area contributed by atoms with E-state index in [9.17, 15) is 14.4 Å². The number of carbonyl (C=O) groups is 3. The number of allylic oxidation sites excluding steroid dienone is 1. The predicted molar refractivity (Wildman–Crippen MR) is 263 cm³/mol. The quantitative estimate of drug-likeness (QED) is 0.0128. The van der Waals surface area contributed by atoms with Gasteiger partial charge in [-0.25, -0.2) is 19.3 Å². The normalized spacial score (nSPS) is 10.7. The summed E-state index contributed by atoms with van der Waals surface area (Å²) >= 11 is 0. The number of unbranched alkanes of at least 4 members (excludes halogenated alkanes) is 5. The maximum absolute atomic E-state index is 12.0. The standard InChI is InChI=1S/C22H28N6O.C15H23N3O2.C11H12N4O.ClH/c23-22-24-16-19(25-22)10-5-2-6-11-20-17-28(27-26-20)15-7-12-21(29)14-13-18-8-3-1-4-9-18;1-5-6-7-8-9-10-12-11-18(13(16)17-12)14(19)20-15(2,3)4;12-15-14-9-8-13-11(16)7-6-10-4-2-1-3-5-10;/h1,3-4,8-9,13-14,16-17H,2,5-7,10-12,15H2,(H3,23,24,25);1,11H,6-10H2,2-4H3,(H2,16,17);1-7H,8-9H2,(H,13,16);1H/b14-13+;;7-6+;. The third-order valence-corrected chi connectivity index (χ3v) is 9.11. The van der Waals surface area contributed by atoms with E-state index in [1.165, 1.54) is 10.6 Å². The van der Waals surface area contributed by atoms with Crippen LogP contribution in [0.15, 0.2) is 96.5 Å². The number of terminal acetylenes is 1. The Hall–Kier alpha value is -7.15. The molecule has 3 heterocycles. The lowest BCUT2D eigenvalue weighted by molar-refractivity contribution is -0.116. The minimum absolute atomic E-state index is 0. The molecule has 352 valence electrons. The molecule has 5 aromatic rings. The molecule has 5 rings (SSSR count). The molecule has 0 aliphatic rings. The molecule has 0 atom stereocenters. The number of H-pyrrole nitrogens is 1. The zero-order valence-corrected chi connectivity index (χ0v) is 39.0. The highest BCUT2D eigenvalue weighted by molar-refractivity contribution is 5.93.